The minimum atomic E-state index is -0.339. The van der Waals surface area contributed by atoms with Crippen LogP contribution in [0.3, 0.4) is 0 Å². The molecule has 3 N–H and O–H groups in total. The van der Waals surface area contributed by atoms with Crippen LogP contribution in [0.4, 0.5) is 0 Å². The highest BCUT2D eigenvalue weighted by molar-refractivity contribution is 6.44. The van der Waals surface area contributed by atoms with Crippen LogP contribution in [0.1, 0.15) is 31.5 Å². The van der Waals surface area contributed by atoms with Crippen LogP contribution in [-0.4, -0.2) is 32.9 Å². The van der Waals surface area contributed by atoms with Gasteiger partial charge in [-0.05, 0) is 18.9 Å². The lowest BCUT2D eigenvalue weighted by atomic mass is 9.87. The predicted octanol–water partition coefficient (Wildman–Crippen LogP) is 3.29. The Balaban J connectivity index is 1.88. The zero-order valence-corrected chi connectivity index (χ0v) is 13.5. The second-order valence-corrected chi connectivity index (χ2v) is 6.45. The maximum atomic E-state index is 10.0. The third kappa shape index (κ3) is 3.04. The summed E-state index contributed by atoms with van der Waals surface area (Å²) in [5.74, 6) is 0.920. The summed E-state index contributed by atoms with van der Waals surface area (Å²) in [5, 5.41) is 19.9. The number of benzene rings is 1. The zero-order valence-electron chi connectivity index (χ0n) is 12.0. The van der Waals surface area contributed by atoms with Crippen LogP contribution in [-0.2, 0) is 6.61 Å². The van der Waals surface area contributed by atoms with Gasteiger partial charge in [-0.25, -0.2) is 4.98 Å². The highest BCUT2D eigenvalue weighted by Gasteiger charge is 2.25. The lowest BCUT2D eigenvalue weighted by molar-refractivity contribution is 0.0425. The molecule has 0 saturated heterocycles. The average molecular weight is 345 g/mol. The smallest absolute Gasteiger partial charge is 0.167 e. The summed E-state index contributed by atoms with van der Waals surface area (Å²) in [7, 11) is 0. The van der Waals surface area contributed by atoms with Crippen LogP contribution in [0.15, 0.2) is 6.07 Å². The van der Waals surface area contributed by atoms with E-state index in [1.807, 2.05) is 0 Å². The van der Waals surface area contributed by atoms with Crippen LogP contribution in [0.5, 0.6) is 5.75 Å². The Morgan fingerprint density at radius 2 is 2.09 bits per heavy atom. The van der Waals surface area contributed by atoms with Gasteiger partial charge < -0.3 is 19.9 Å². The number of nitrogens with one attached hydrogen (secondary N) is 1. The summed E-state index contributed by atoms with van der Waals surface area (Å²) < 4.78 is 5.86. The number of nitrogens with zero attached hydrogens (tertiary/aromatic N) is 1. The Kier molecular flexibility index (Phi) is 4.78. The first-order chi connectivity index (χ1) is 10.6. The van der Waals surface area contributed by atoms with E-state index in [1.54, 1.807) is 6.07 Å². The Morgan fingerprint density at radius 1 is 1.32 bits per heavy atom. The van der Waals surface area contributed by atoms with Crippen molar-refractivity contribution in [2.45, 2.75) is 38.4 Å². The molecule has 1 aromatic carbocycles. The number of aliphatic hydroxyl groups excluding tert-OH is 2. The van der Waals surface area contributed by atoms with Gasteiger partial charge in [-0.1, -0.05) is 36.0 Å². The molecule has 3 rings (SSSR count). The van der Waals surface area contributed by atoms with Crippen molar-refractivity contribution in [3.8, 4) is 5.75 Å². The molecule has 0 bridgehead atoms. The van der Waals surface area contributed by atoms with E-state index in [1.165, 1.54) is 0 Å². The minimum absolute atomic E-state index is 0.0927. The maximum absolute atomic E-state index is 10.0. The van der Waals surface area contributed by atoms with Crippen molar-refractivity contribution in [3.63, 3.8) is 0 Å². The van der Waals surface area contributed by atoms with Gasteiger partial charge in [-0.2, -0.15) is 0 Å². The molecule has 1 heterocycles. The number of H-pyrrole nitrogens is 1. The summed E-state index contributed by atoms with van der Waals surface area (Å²) in [6, 6.07) is 1.66. The Bertz CT molecular complexity index is 674. The SMILES string of the molecule is OCc1nc2c(OC[C@H]3CCCC[C@H]3O)c(Cl)c(Cl)cc2[nH]1. The molecule has 2 atom stereocenters. The number of halogens is 2. The number of rotatable bonds is 4. The van der Waals surface area contributed by atoms with Crippen molar-refractivity contribution >= 4 is 34.2 Å². The highest BCUT2D eigenvalue weighted by atomic mass is 35.5. The van der Waals surface area contributed by atoms with E-state index in [9.17, 15) is 10.2 Å². The van der Waals surface area contributed by atoms with Crippen molar-refractivity contribution in [1.82, 2.24) is 9.97 Å². The molecule has 0 radical (unpaired) electrons. The van der Waals surface area contributed by atoms with Crippen molar-refractivity contribution in [3.05, 3.63) is 21.9 Å². The van der Waals surface area contributed by atoms with E-state index in [4.69, 9.17) is 27.9 Å². The molecule has 1 saturated carbocycles. The van der Waals surface area contributed by atoms with E-state index >= 15 is 0 Å². The number of fused-ring (bicyclic) bond motifs is 1. The molecule has 120 valence electrons. The van der Waals surface area contributed by atoms with Gasteiger partial charge in [0.25, 0.3) is 0 Å². The normalized spacial score (nSPS) is 22.2. The lowest BCUT2D eigenvalue weighted by Crippen LogP contribution is -2.29. The fourth-order valence-electron chi connectivity index (χ4n) is 2.90. The fourth-order valence-corrected chi connectivity index (χ4v) is 3.29. The first-order valence-electron chi connectivity index (χ1n) is 7.38. The van der Waals surface area contributed by atoms with Crippen LogP contribution < -0.4 is 4.74 Å². The van der Waals surface area contributed by atoms with Crippen molar-refractivity contribution < 1.29 is 14.9 Å². The summed E-state index contributed by atoms with van der Waals surface area (Å²) in [6.07, 6.45) is 3.56. The second kappa shape index (κ2) is 6.62. The Hall–Kier alpha value is -1.01. The van der Waals surface area contributed by atoms with Gasteiger partial charge in [-0.3, -0.25) is 0 Å². The largest absolute Gasteiger partial charge is 0.489 e. The Morgan fingerprint density at radius 3 is 2.82 bits per heavy atom. The van der Waals surface area contributed by atoms with Gasteiger partial charge in [0.15, 0.2) is 5.75 Å². The van der Waals surface area contributed by atoms with Crippen LogP contribution >= 0.6 is 23.2 Å². The maximum Gasteiger partial charge on any atom is 0.167 e. The van der Waals surface area contributed by atoms with Gasteiger partial charge in [-0.15, -0.1) is 0 Å². The number of imidazole rings is 1. The summed E-state index contributed by atoms with van der Waals surface area (Å²) in [6.45, 7) is 0.169. The van der Waals surface area contributed by atoms with E-state index in [0.29, 0.717) is 39.3 Å². The van der Waals surface area contributed by atoms with E-state index < -0.39 is 0 Å². The first kappa shape index (κ1) is 15.9. The third-order valence-electron chi connectivity index (χ3n) is 4.14. The number of ether oxygens (including phenoxy) is 1. The number of aromatic nitrogens is 2. The predicted molar refractivity (Wildman–Crippen MR) is 85.5 cm³/mol. The molecule has 22 heavy (non-hydrogen) atoms. The standard InChI is InChI=1S/C15H18Cl2N2O3/c16-9-5-10-14(19-12(6-20)18-10)15(13(9)17)22-7-8-3-1-2-4-11(8)21/h5,8,11,20-21H,1-4,6-7H2,(H,18,19)/t8-,11-/m1/s1. The number of hydrogen-bond donors (Lipinski definition) is 3. The molecule has 7 heteroatoms. The molecule has 1 fully saturated rings. The molecule has 5 nitrogen and oxygen atoms in total. The molecule has 0 unspecified atom stereocenters. The quantitative estimate of drug-likeness (QED) is 0.795. The number of aliphatic hydroxyl groups is 2. The second-order valence-electron chi connectivity index (χ2n) is 5.66. The van der Waals surface area contributed by atoms with E-state index in [-0.39, 0.29) is 18.6 Å². The topological polar surface area (TPSA) is 78.4 Å². The van der Waals surface area contributed by atoms with E-state index in [0.717, 1.165) is 25.7 Å². The molecule has 0 amide bonds. The molecule has 1 aromatic heterocycles. The monoisotopic (exact) mass is 344 g/mol. The van der Waals surface area contributed by atoms with Crippen LogP contribution in [0.2, 0.25) is 10.0 Å². The molecule has 0 aliphatic heterocycles. The lowest BCUT2D eigenvalue weighted by Gasteiger charge is -2.27. The molecular formula is C15H18Cl2N2O3. The summed E-state index contributed by atoms with van der Waals surface area (Å²) in [5.41, 5.74) is 1.21. The van der Waals surface area contributed by atoms with Crippen molar-refractivity contribution in [1.29, 1.82) is 0 Å². The zero-order chi connectivity index (χ0) is 15.7. The number of hydrogen-bond acceptors (Lipinski definition) is 4. The molecule has 0 spiro atoms. The van der Waals surface area contributed by atoms with Crippen LogP contribution in [0.25, 0.3) is 11.0 Å². The summed E-state index contributed by atoms with van der Waals surface area (Å²) in [4.78, 5) is 7.25. The number of aromatic amines is 1. The molecule has 1 aliphatic rings. The van der Waals surface area contributed by atoms with Gasteiger partial charge in [0.2, 0.25) is 0 Å². The highest BCUT2D eigenvalue weighted by Crippen LogP contribution is 2.39. The van der Waals surface area contributed by atoms with Gasteiger partial charge in [0.05, 0.1) is 23.3 Å². The van der Waals surface area contributed by atoms with Crippen molar-refractivity contribution in [2.75, 3.05) is 6.61 Å². The van der Waals surface area contributed by atoms with Gasteiger partial charge in [0.1, 0.15) is 23.0 Å². The van der Waals surface area contributed by atoms with Crippen LogP contribution in [0, 0.1) is 5.92 Å². The van der Waals surface area contributed by atoms with E-state index in [2.05, 4.69) is 9.97 Å². The minimum Gasteiger partial charge on any atom is -0.489 e. The molecular weight excluding hydrogens is 327 g/mol. The van der Waals surface area contributed by atoms with Gasteiger partial charge >= 0.3 is 0 Å². The van der Waals surface area contributed by atoms with Gasteiger partial charge in [0, 0.05) is 5.92 Å². The fraction of sp³-hybridized carbons (Fsp3) is 0.533. The molecule has 2 aromatic rings. The van der Waals surface area contributed by atoms with Crippen molar-refractivity contribution in [2.24, 2.45) is 5.92 Å². The third-order valence-corrected chi connectivity index (χ3v) is 4.91. The first-order valence-corrected chi connectivity index (χ1v) is 8.14. The Labute approximate surface area is 138 Å². The average Bonchev–Trinajstić information content (AvgIpc) is 2.92. The molecule has 1 aliphatic carbocycles. The summed E-state index contributed by atoms with van der Waals surface area (Å²) >= 11 is 12.4.